The molecule has 0 bridgehead atoms. The molecule has 0 spiro atoms. The van der Waals surface area contributed by atoms with Crippen LogP contribution in [0.2, 0.25) is 0 Å². The van der Waals surface area contributed by atoms with Gasteiger partial charge < -0.3 is 14.9 Å². The molecule has 1 fully saturated rings. The van der Waals surface area contributed by atoms with Crippen molar-refractivity contribution in [3.8, 4) is 5.75 Å². The van der Waals surface area contributed by atoms with Crippen LogP contribution >= 0.6 is 11.3 Å². The molecule has 0 radical (unpaired) electrons. The van der Waals surface area contributed by atoms with Gasteiger partial charge in [-0.3, -0.25) is 9.59 Å². The Morgan fingerprint density at radius 1 is 1.04 bits per heavy atom. The molecular weight excluding hydrogens is 324 g/mol. The van der Waals surface area contributed by atoms with Crippen molar-refractivity contribution in [1.29, 1.82) is 0 Å². The van der Waals surface area contributed by atoms with Crippen molar-refractivity contribution < 1.29 is 14.7 Å². The summed E-state index contributed by atoms with van der Waals surface area (Å²) in [5.74, 6) is 0.103. The van der Waals surface area contributed by atoms with Crippen LogP contribution < -0.4 is 0 Å². The van der Waals surface area contributed by atoms with Gasteiger partial charge in [-0.05, 0) is 36.1 Å². The molecule has 126 valence electrons. The number of nitrogens with zero attached hydrogens (tertiary/aromatic N) is 2. The standard InChI is InChI=1S/C18H20N2O3S/c21-15-5-1-4-14(12-15)18(23)20-8-3-7-19(9-10-20)17(22)13-16-6-2-11-24-16/h1-2,4-6,11-12,21H,3,7-10,13H2. The number of hydrogen-bond acceptors (Lipinski definition) is 4. The Morgan fingerprint density at radius 3 is 2.58 bits per heavy atom. The second kappa shape index (κ2) is 7.49. The fraction of sp³-hybridized carbons (Fsp3) is 0.333. The summed E-state index contributed by atoms with van der Waals surface area (Å²) in [5, 5.41) is 11.5. The molecule has 2 aromatic rings. The number of rotatable bonds is 3. The molecule has 1 aromatic carbocycles. The van der Waals surface area contributed by atoms with E-state index in [0.717, 1.165) is 11.3 Å². The van der Waals surface area contributed by atoms with Crippen LogP contribution in [0.3, 0.4) is 0 Å². The fourth-order valence-corrected chi connectivity index (χ4v) is 3.56. The summed E-state index contributed by atoms with van der Waals surface area (Å²) in [4.78, 5) is 29.6. The molecule has 1 aliphatic heterocycles. The van der Waals surface area contributed by atoms with Crippen LogP contribution in [0.5, 0.6) is 5.75 Å². The van der Waals surface area contributed by atoms with Gasteiger partial charge in [0, 0.05) is 36.6 Å². The number of thiophene rings is 1. The van der Waals surface area contributed by atoms with E-state index in [0.29, 0.717) is 38.2 Å². The van der Waals surface area contributed by atoms with Crippen molar-refractivity contribution in [2.75, 3.05) is 26.2 Å². The van der Waals surface area contributed by atoms with Gasteiger partial charge in [0.25, 0.3) is 5.91 Å². The zero-order valence-electron chi connectivity index (χ0n) is 13.4. The van der Waals surface area contributed by atoms with Gasteiger partial charge in [0.05, 0.1) is 6.42 Å². The van der Waals surface area contributed by atoms with Gasteiger partial charge in [-0.1, -0.05) is 12.1 Å². The minimum atomic E-state index is -0.0987. The normalized spacial score (nSPS) is 15.2. The first-order valence-electron chi connectivity index (χ1n) is 8.02. The molecule has 3 rings (SSSR count). The van der Waals surface area contributed by atoms with Crippen LogP contribution in [-0.4, -0.2) is 52.9 Å². The monoisotopic (exact) mass is 344 g/mol. The molecule has 0 aliphatic carbocycles. The molecule has 2 amide bonds. The quantitative estimate of drug-likeness (QED) is 0.930. The van der Waals surface area contributed by atoms with Gasteiger partial charge in [-0.2, -0.15) is 0 Å². The summed E-state index contributed by atoms with van der Waals surface area (Å²) in [6.45, 7) is 2.37. The Balaban J connectivity index is 1.60. The second-order valence-corrected chi connectivity index (χ2v) is 6.87. The predicted octanol–water partition coefficient (Wildman–Crippen LogP) is 2.37. The van der Waals surface area contributed by atoms with Crippen molar-refractivity contribution >= 4 is 23.2 Å². The molecule has 2 heterocycles. The lowest BCUT2D eigenvalue weighted by Gasteiger charge is -2.22. The lowest BCUT2D eigenvalue weighted by molar-refractivity contribution is -0.130. The number of carbonyl (C=O) groups excluding carboxylic acids is 2. The van der Waals surface area contributed by atoms with Crippen LogP contribution in [-0.2, 0) is 11.2 Å². The summed E-state index contributed by atoms with van der Waals surface area (Å²) in [6.07, 6.45) is 1.19. The van der Waals surface area contributed by atoms with E-state index in [1.54, 1.807) is 34.4 Å². The van der Waals surface area contributed by atoms with Crippen LogP contribution in [0, 0.1) is 0 Å². The maximum Gasteiger partial charge on any atom is 0.254 e. The average molecular weight is 344 g/mol. The number of hydrogen-bond donors (Lipinski definition) is 1. The molecule has 0 saturated carbocycles. The molecule has 6 heteroatoms. The topological polar surface area (TPSA) is 60.9 Å². The van der Waals surface area contributed by atoms with Gasteiger partial charge in [-0.25, -0.2) is 0 Å². The van der Waals surface area contributed by atoms with Crippen molar-refractivity contribution in [1.82, 2.24) is 9.80 Å². The van der Waals surface area contributed by atoms with Crippen molar-refractivity contribution in [2.24, 2.45) is 0 Å². The molecule has 1 saturated heterocycles. The molecule has 0 unspecified atom stereocenters. The van der Waals surface area contributed by atoms with Crippen LogP contribution in [0.1, 0.15) is 21.7 Å². The van der Waals surface area contributed by atoms with Gasteiger partial charge in [0.15, 0.2) is 0 Å². The Bertz CT molecular complexity index is 715. The Morgan fingerprint density at radius 2 is 1.83 bits per heavy atom. The highest BCUT2D eigenvalue weighted by Gasteiger charge is 2.23. The van der Waals surface area contributed by atoms with Crippen molar-refractivity contribution in [2.45, 2.75) is 12.8 Å². The van der Waals surface area contributed by atoms with E-state index in [2.05, 4.69) is 0 Å². The molecule has 0 atom stereocenters. The first-order chi connectivity index (χ1) is 11.6. The van der Waals surface area contributed by atoms with Gasteiger partial charge in [0.2, 0.25) is 5.91 Å². The zero-order valence-corrected chi connectivity index (χ0v) is 14.2. The second-order valence-electron chi connectivity index (χ2n) is 5.83. The van der Waals surface area contributed by atoms with E-state index >= 15 is 0 Å². The van der Waals surface area contributed by atoms with Crippen LogP contribution in [0.4, 0.5) is 0 Å². The maximum absolute atomic E-state index is 12.6. The minimum Gasteiger partial charge on any atom is -0.508 e. The fourth-order valence-electron chi connectivity index (χ4n) is 2.87. The van der Waals surface area contributed by atoms with E-state index < -0.39 is 0 Å². The summed E-state index contributed by atoms with van der Waals surface area (Å²) in [6, 6.07) is 10.3. The largest absolute Gasteiger partial charge is 0.508 e. The first-order valence-corrected chi connectivity index (χ1v) is 8.90. The number of amides is 2. The third kappa shape index (κ3) is 3.94. The van der Waals surface area contributed by atoms with Gasteiger partial charge >= 0.3 is 0 Å². The Kier molecular flexibility index (Phi) is 5.15. The Labute approximate surface area is 145 Å². The van der Waals surface area contributed by atoms with Gasteiger partial charge in [0.1, 0.15) is 5.75 Å². The number of phenolic OH excluding ortho intramolecular Hbond substituents is 1. The molecule has 1 aromatic heterocycles. The molecule has 1 aliphatic rings. The summed E-state index contributed by atoms with van der Waals surface area (Å²) in [5.41, 5.74) is 0.480. The van der Waals surface area contributed by atoms with E-state index in [1.165, 1.54) is 6.07 Å². The minimum absolute atomic E-state index is 0.0865. The van der Waals surface area contributed by atoms with Crippen LogP contribution in [0.15, 0.2) is 41.8 Å². The zero-order chi connectivity index (χ0) is 16.9. The van der Waals surface area contributed by atoms with E-state index in [-0.39, 0.29) is 17.6 Å². The molecule has 24 heavy (non-hydrogen) atoms. The molecular formula is C18H20N2O3S. The highest BCUT2D eigenvalue weighted by Crippen LogP contribution is 2.16. The lowest BCUT2D eigenvalue weighted by Crippen LogP contribution is -2.37. The van der Waals surface area contributed by atoms with Crippen molar-refractivity contribution in [3.05, 3.63) is 52.2 Å². The first kappa shape index (κ1) is 16.5. The van der Waals surface area contributed by atoms with E-state index in [4.69, 9.17) is 0 Å². The highest BCUT2D eigenvalue weighted by atomic mass is 32.1. The number of aromatic hydroxyl groups is 1. The third-order valence-corrected chi connectivity index (χ3v) is 5.01. The summed E-state index contributed by atoms with van der Waals surface area (Å²) < 4.78 is 0. The molecule has 1 N–H and O–H groups in total. The smallest absolute Gasteiger partial charge is 0.254 e. The SMILES string of the molecule is O=C(Cc1cccs1)N1CCCN(C(=O)c2cccc(O)c2)CC1. The van der Waals surface area contributed by atoms with Crippen molar-refractivity contribution in [3.63, 3.8) is 0 Å². The lowest BCUT2D eigenvalue weighted by atomic mass is 10.2. The average Bonchev–Trinajstić information content (AvgIpc) is 2.95. The summed E-state index contributed by atoms with van der Waals surface area (Å²) >= 11 is 1.59. The number of carbonyl (C=O) groups is 2. The van der Waals surface area contributed by atoms with Gasteiger partial charge in [-0.15, -0.1) is 11.3 Å². The highest BCUT2D eigenvalue weighted by molar-refractivity contribution is 7.10. The van der Waals surface area contributed by atoms with E-state index in [9.17, 15) is 14.7 Å². The number of phenols is 1. The molecule has 5 nitrogen and oxygen atoms in total. The third-order valence-electron chi connectivity index (χ3n) is 4.13. The summed E-state index contributed by atoms with van der Waals surface area (Å²) in [7, 11) is 0. The van der Waals surface area contributed by atoms with E-state index in [1.807, 2.05) is 22.4 Å². The van der Waals surface area contributed by atoms with Crippen LogP contribution in [0.25, 0.3) is 0 Å². The predicted molar refractivity (Wildman–Crippen MR) is 93.2 cm³/mol. The number of benzene rings is 1. The Hall–Kier alpha value is -2.34. The maximum atomic E-state index is 12.6.